The molecule has 0 bridgehead atoms. The molecule has 0 N–H and O–H groups in total. The van der Waals surface area contributed by atoms with Gasteiger partial charge >= 0.3 is 0 Å². The second kappa shape index (κ2) is 7.22. The molecular formula is C17H19NO4. The van der Waals surface area contributed by atoms with E-state index < -0.39 is 0 Å². The van der Waals surface area contributed by atoms with Crippen LogP contribution in [0.4, 0.5) is 0 Å². The summed E-state index contributed by atoms with van der Waals surface area (Å²) < 4.78 is 16.0. The first kappa shape index (κ1) is 14.8. The summed E-state index contributed by atoms with van der Waals surface area (Å²) in [6.07, 6.45) is 2.38. The van der Waals surface area contributed by atoms with E-state index in [-0.39, 0.29) is 12.4 Å². The Bertz CT molecular complexity index is 602. The van der Waals surface area contributed by atoms with Crippen LogP contribution < -0.4 is 4.74 Å². The first-order valence-electron chi connectivity index (χ1n) is 7.55. The van der Waals surface area contributed by atoms with Crippen molar-refractivity contribution in [3.05, 3.63) is 47.9 Å². The van der Waals surface area contributed by atoms with Crippen LogP contribution in [-0.2, 0) is 11.3 Å². The van der Waals surface area contributed by atoms with Gasteiger partial charge in [0.15, 0.2) is 11.5 Å². The number of hydrogen-bond acceptors (Lipinski definition) is 5. The van der Waals surface area contributed by atoms with Gasteiger partial charge in [-0.1, -0.05) is 23.4 Å². The van der Waals surface area contributed by atoms with Crippen LogP contribution in [0.25, 0.3) is 0 Å². The van der Waals surface area contributed by atoms with Crippen LogP contribution in [0.1, 0.15) is 35.5 Å². The van der Waals surface area contributed by atoms with E-state index in [0.29, 0.717) is 23.8 Å². The number of Topliss-reactive ketones (excluding diaryl/α,β-unsaturated/α-hetero) is 1. The van der Waals surface area contributed by atoms with Gasteiger partial charge in [-0.15, -0.1) is 0 Å². The number of carbonyl (C=O) groups is 1. The lowest BCUT2D eigenvalue weighted by Crippen LogP contribution is -2.05. The topological polar surface area (TPSA) is 61.6 Å². The molecule has 2 aromatic rings. The highest BCUT2D eigenvalue weighted by atomic mass is 16.5. The third kappa shape index (κ3) is 3.95. The molecule has 0 radical (unpaired) electrons. The summed E-state index contributed by atoms with van der Waals surface area (Å²) in [7, 11) is 0. The summed E-state index contributed by atoms with van der Waals surface area (Å²) >= 11 is 0. The van der Waals surface area contributed by atoms with Crippen molar-refractivity contribution in [2.45, 2.75) is 25.9 Å². The van der Waals surface area contributed by atoms with E-state index in [1.165, 1.54) is 0 Å². The van der Waals surface area contributed by atoms with Crippen LogP contribution in [-0.4, -0.2) is 24.2 Å². The minimum Gasteiger partial charge on any atom is -0.486 e. The molecule has 0 amide bonds. The number of nitrogens with zero attached hydrogens (tertiary/aromatic N) is 1. The maximum atomic E-state index is 12.1. The second-order valence-corrected chi connectivity index (χ2v) is 5.47. The minimum absolute atomic E-state index is 0.0154. The lowest BCUT2D eigenvalue weighted by atomic mass is 10.00. The Hall–Kier alpha value is -2.14. The van der Waals surface area contributed by atoms with Crippen LogP contribution in [0.5, 0.6) is 5.75 Å². The van der Waals surface area contributed by atoms with Crippen molar-refractivity contribution in [3.63, 3.8) is 0 Å². The smallest absolute Gasteiger partial charge is 0.184 e. The van der Waals surface area contributed by atoms with Gasteiger partial charge in [0.1, 0.15) is 18.1 Å². The Labute approximate surface area is 129 Å². The largest absolute Gasteiger partial charge is 0.486 e. The molecule has 116 valence electrons. The van der Waals surface area contributed by atoms with Gasteiger partial charge in [-0.3, -0.25) is 4.79 Å². The van der Waals surface area contributed by atoms with Crippen LogP contribution in [0, 0.1) is 5.92 Å². The molecule has 1 aromatic carbocycles. The molecule has 0 spiro atoms. The second-order valence-electron chi connectivity index (χ2n) is 5.47. The summed E-state index contributed by atoms with van der Waals surface area (Å²) in [4.78, 5) is 12.1. The van der Waals surface area contributed by atoms with Crippen LogP contribution >= 0.6 is 0 Å². The van der Waals surface area contributed by atoms with E-state index >= 15 is 0 Å². The SMILES string of the molecule is O=C(CCC1CCOC1)c1cc(COc2ccccc2)on1. The summed E-state index contributed by atoms with van der Waals surface area (Å²) in [5, 5.41) is 3.84. The molecule has 2 heterocycles. The van der Waals surface area contributed by atoms with Gasteiger partial charge in [-0.25, -0.2) is 0 Å². The predicted molar refractivity (Wildman–Crippen MR) is 79.8 cm³/mol. The van der Waals surface area contributed by atoms with Gasteiger partial charge in [-0.2, -0.15) is 0 Å². The number of benzene rings is 1. The number of aromatic nitrogens is 1. The quantitative estimate of drug-likeness (QED) is 0.735. The fourth-order valence-electron chi connectivity index (χ4n) is 2.46. The summed E-state index contributed by atoms with van der Waals surface area (Å²) in [5.74, 6) is 1.82. The van der Waals surface area contributed by atoms with Gasteiger partial charge in [0.05, 0.1) is 0 Å². The number of hydrogen-bond donors (Lipinski definition) is 0. The third-order valence-corrected chi connectivity index (χ3v) is 3.77. The number of ketones is 1. The summed E-state index contributed by atoms with van der Waals surface area (Å²) in [6.45, 7) is 1.84. The lowest BCUT2D eigenvalue weighted by molar-refractivity contribution is 0.0962. The molecule has 3 rings (SSSR count). The van der Waals surface area contributed by atoms with Crippen molar-refractivity contribution >= 4 is 5.78 Å². The molecule has 1 aliphatic heterocycles. The van der Waals surface area contributed by atoms with E-state index in [0.717, 1.165) is 31.8 Å². The minimum atomic E-state index is 0.0154. The average molecular weight is 301 g/mol. The highest BCUT2D eigenvalue weighted by Crippen LogP contribution is 2.20. The standard InChI is InChI=1S/C17H19NO4/c19-17(7-6-13-8-9-20-11-13)16-10-15(22-18-16)12-21-14-4-2-1-3-5-14/h1-5,10,13H,6-9,11-12H2. The zero-order valence-electron chi connectivity index (χ0n) is 12.4. The van der Waals surface area contributed by atoms with E-state index in [2.05, 4.69) is 5.16 Å². The number of ether oxygens (including phenoxy) is 2. The lowest BCUT2D eigenvalue weighted by Gasteiger charge is -2.04. The Morgan fingerprint density at radius 2 is 2.18 bits per heavy atom. The Kier molecular flexibility index (Phi) is 4.85. The fourth-order valence-corrected chi connectivity index (χ4v) is 2.46. The van der Waals surface area contributed by atoms with Crippen LogP contribution in [0.2, 0.25) is 0 Å². The third-order valence-electron chi connectivity index (χ3n) is 3.77. The molecule has 1 aliphatic rings. The maximum Gasteiger partial charge on any atom is 0.184 e. The van der Waals surface area contributed by atoms with E-state index in [9.17, 15) is 4.79 Å². The van der Waals surface area contributed by atoms with Gasteiger partial charge in [0.2, 0.25) is 0 Å². The molecule has 1 fully saturated rings. The van der Waals surface area contributed by atoms with Crippen LogP contribution in [0.3, 0.4) is 0 Å². The highest BCUT2D eigenvalue weighted by molar-refractivity contribution is 5.94. The highest BCUT2D eigenvalue weighted by Gasteiger charge is 2.19. The molecule has 5 nitrogen and oxygen atoms in total. The molecule has 1 unspecified atom stereocenters. The van der Waals surface area contributed by atoms with Crippen molar-refractivity contribution in [2.75, 3.05) is 13.2 Å². The average Bonchev–Trinajstić information content (AvgIpc) is 3.23. The molecule has 1 saturated heterocycles. The zero-order valence-corrected chi connectivity index (χ0v) is 12.4. The molecular weight excluding hydrogens is 282 g/mol. The van der Waals surface area contributed by atoms with Gasteiger partial charge < -0.3 is 14.0 Å². The first-order valence-corrected chi connectivity index (χ1v) is 7.55. The monoisotopic (exact) mass is 301 g/mol. The summed E-state index contributed by atoms with van der Waals surface area (Å²) in [6, 6.07) is 11.1. The fraction of sp³-hybridized carbons (Fsp3) is 0.412. The van der Waals surface area contributed by atoms with Crippen molar-refractivity contribution in [1.29, 1.82) is 0 Å². The van der Waals surface area contributed by atoms with Gasteiger partial charge in [-0.05, 0) is 30.9 Å². The predicted octanol–water partition coefficient (Wildman–Crippen LogP) is 3.25. The Balaban J connectivity index is 1.48. The first-order chi connectivity index (χ1) is 10.8. The van der Waals surface area contributed by atoms with E-state index in [1.807, 2.05) is 30.3 Å². The molecule has 1 aromatic heterocycles. The van der Waals surface area contributed by atoms with Crippen molar-refractivity contribution in [1.82, 2.24) is 5.16 Å². The van der Waals surface area contributed by atoms with Crippen LogP contribution in [0.15, 0.2) is 40.9 Å². The molecule has 1 atom stereocenters. The number of rotatable bonds is 7. The molecule has 22 heavy (non-hydrogen) atoms. The van der Waals surface area contributed by atoms with Crippen molar-refractivity contribution < 1.29 is 18.8 Å². The van der Waals surface area contributed by atoms with E-state index in [1.54, 1.807) is 6.07 Å². The molecule has 0 aliphatic carbocycles. The molecule has 5 heteroatoms. The van der Waals surface area contributed by atoms with Crippen molar-refractivity contribution in [2.24, 2.45) is 5.92 Å². The Morgan fingerprint density at radius 3 is 2.95 bits per heavy atom. The van der Waals surface area contributed by atoms with E-state index in [4.69, 9.17) is 14.0 Å². The number of para-hydroxylation sites is 1. The zero-order chi connectivity index (χ0) is 15.2. The molecule has 0 saturated carbocycles. The van der Waals surface area contributed by atoms with Gasteiger partial charge in [0.25, 0.3) is 0 Å². The Morgan fingerprint density at radius 1 is 1.32 bits per heavy atom. The summed E-state index contributed by atoms with van der Waals surface area (Å²) in [5.41, 5.74) is 0.380. The van der Waals surface area contributed by atoms with Gasteiger partial charge in [0, 0.05) is 25.7 Å². The normalized spacial score (nSPS) is 17.5. The number of carbonyl (C=O) groups excluding carboxylic acids is 1. The van der Waals surface area contributed by atoms with Crippen molar-refractivity contribution in [3.8, 4) is 5.75 Å². The maximum absolute atomic E-state index is 12.1.